The molecule has 6 heteroatoms. The van der Waals surface area contributed by atoms with Crippen molar-refractivity contribution < 1.29 is 9.59 Å². The van der Waals surface area contributed by atoms with Gasteiger partial charge in [0.15, 0.2) is 0 Å². The molecular weight excluding hydrogens is 316 g/mol. The molecule has 1 aromatic carbocycles. The fraction of sp³-hybridized carbons (Fsp3) is 0.421. The molecule has 1 unspecified atom stereocenters. The molecule has 134 valence electrons. The maximum Gasteiger partial charge on any atom is 0.223 e. The van der Waals surface area contributed by atoms with Crippen LogP contribution in [-0.2, 0) is 16.6 Å². The summed E-state index contributed by atoms with van der Waals surface area (Å²) in [6.45, 7) is 5.51. The number of anilines is 1. The molecule has 2 rings (SSSR count). The van der Waals surface area contributed by atoms with Gasteiger partial charge in [-0.05, 0) is 30.5 Å². The number of imidazole rings is 1. The van der Waals surface area contributed by atoms with Gasteiger partial charge < -0.3 is 15.2 Å². The van der Waals surface area contributed by atoms with Crippen LogP contribution in [0.25, 0.3) is 0 Å². The number of benzene rings is 1. The molecule has 6 nitrogen and oxygen atoms in total. The van der Waals surface area contributed by atoms with Gasteiger partial charge in [-0.15, -0.1) is 0 Å². The van der Waals surface area contributed by atoms with Crippen LogP contribution in [0.2, 0.25) is 0 Å². The van der Waals surface area contributed by atoms with E-state index in [0.29, 0.717) is 0 Å². The largest absolute Gasteiger partial charge is 0.342 e. The smallest absolute Gasteiger partial charge is 0.223 e. The van der Waals surface area contributed by atoms with Gasteiger partial charge in [0, 0.05) is 38.0 Å². The molecule has 2 N–H and O–H groups in total. The Morgan fingerprint density at radius 3 is 2.28 bits per heavy atom. The highest BCUT2D eigenvalue weighted by Gasteiger charge is 2.23. The van der Waals surface area contributed by atoms with Crippen LogP contribution >= 0.6 is 0 Å². The Labute approximate surface area is 148 Å². The predicted molar refractivity (Wildman–Crippen MR) is 98.0 cm³/mol. The quantitative estimate of drug-likeness (QED) is 0.812. The van der Waals surface area contributed by atoms with E-state index in [0.717, 1.165) is 29.9 Å². The Hall–Kier alpha value is -2.63. The maximum absolute atomic E-state index is 12.6. The molecule has 25 heavy (non-hydrogen) atoms. The topological polar surface area (TPSA) is 76.0 Å². The van der Waals surface area contributed by atoms with Crippen LogP contribution in [0.15, 0.2) is 36.7 Å². The van der Waals surface area contributed by atoms with E-state index < -0.39 is 0 Å². The minimum atomic E-state index is -0.334. The van der Waals surface area contributed by atoms with Gasteiger partial charge in [-0.2, -0.15) is 0 Å². The fourth-order valence-electron chi connectivity index (χ4n) is 2.83. The number of nitrogens with one attached hydrogen (secondary N) is 2. The zero-order valence-electron chi connectivity index (χ0n) is 15.2. The molecule has 0 aliphatic carbocycles. The summed E-state index contributed by atoms with van der Waals surface area (Å²) in [4.78, 5) is 28.2. The van der Waals surface area contributed by atoms with Crippen LogP contribution in [-0.4, -0.2) is 21.4 Å². The monoisotopic (exact) mass is 342 g/mol. The summed E-state index contributed by atoms with van der Waals surface area (Å²) in [6.07, 6.45) is 5.18. The van der Waals surface area contributed by atoms with Gasteiger partial charge in [-0.1, -0.05) is 26.0 Å². The number of hydrogen-bond acceptors (Lipinski definition) is 3. The number of nitrogens with zero attached hydrogens (tertiary/aromatic N) is 2. The van der Waals surface area contributed by atoms with Crippen LogP contribution in [0, 0.1) is 5.92 Å². The molecule has 0 spiro atoms. The summed E-state index contributed by atoms with van der Waals surface area (Å²) in [7, 11) is 1.91. The molecule has 1 atom stereocenters. The van der Waals surface area contributed by atoms with Crippen molar-refractivity contribution in [2.45, 2.75) is 39.7 Å². The van der Waals surface area contributed by atoms with Gasteiger partial charge in [-0.25, -0.2) is 4.98 Å². The van der Waals surface area contributed by atoms with Crippen LogP contribution in [0.5, 0.6) is 0 Å². The standard InChI is InChI=1S/C19H26N4O2/c1-5-14(6-2)19(25)22-17(18-20-11-12-23(18)4)15-7-9-16(10-8-15)21-13(3)24/h7-12,14,17H,5-6H2,1-4H3,(H,21,24)(H,22,25). The van der Waals surface area contributed by atoms with Gasteiger partial charge in [0.1, 0.15) is 11.9 Å². The molecule has 0 radical (unpaired) electrons. The van der Waals surface area contributed by atoms with Gasteiger partial charge in [0.05, 0.1) is 0 Å². The summed E-state index contributed by atoms with van der Waals surface area (Å²) in [5.41, 5.74) is 1.64. The molecule has 0 saturated heterocycles. The number of rotatable bonds is 7. The van der Waals surface area contributed by atoms with E-state index in [9.17, 15) is 9.59 Å². The molecule has 0 bridgehead atoms. The van der Waals surface area contributed by atoms with Gasteiger partial charge >= 0.3 is 0 Å². The van der Waals surface area contributed by atoms with E-state index in [4.69, 9.17) is 0 Å². The van der Waals surface area contributed by atoms with Crippen molar-refractivity contribution in [2.75, 3.05) is 5.32 Å². The number of hydrogen-bond donors (Lipinski definition) is 2. The van der Waals surface area contributed by atoms with E-state index in [2.05, 4.69) is 15.6 Å². The number of aromatic nitrogens is 2. The van der Waals surface area contributed by atoms with E-state index in [-0.39, 0.29) is 23.8 Å². The Morgan fingerprint density at radius 2 is 1.80 bits per heavy atom. The van der Waals surface area contributed by atoms with E-state index >= 15 is 0 Å². The van der Waals surface area contributed by atoms with Crippen molar-refractivity contribution in [3.05, 3.63) is 48.0 Å². The molecule has 2 aromatic rings. The van der Waals surface area contributed by atoms with Crippen molar-refractivity contribution >= 4 is 17.5 Å². The molecule has 1 aromatic heterocycles. The molecular formula is C19H26N4O2. The lowest BCUT2D eigenvalue weighted by atomic mass is 10.00. The molecule has 0 aliphatic heterocycles. The Bertz CT molecular complexity index is 717. The van der Waals surface area contributed by atoms with Crippen LogP contribution in [0.1, 0.15) is 51.0 Å². The van der Waals surface area contributed by atoms with Crippen molar-refractivity contribution in [1.29, 1.82) is 0 Å². The number of carbonyl (C=O) groups excluding carboxylic acids is 2. The summed E-state index contributed by atoms with van der Waals surface area (Å²) in [5, 5.41) is 5.88. The first kappa shape index (κ1) is 18.7. The second-order valence-electron chi connectivity index (χ2n) is 6.15. The van der Waals surface area contributed by atoms with Gasteiger partial charge in [0.25, 0.3) is 0 Å². The highest BCUT2D eigenvalue weighted by molar-refractivity contribution is 5.88. The van der Waals surface area contributed by atoms with E-state index in [1.807, 2.05) is 55.9 Å². The number of amides is 2. The summed E-state index contributed by atoms with van der Waals surface area (Å²) >= 11 is 0. The first-order chi connectivity index (χ1) is 12.0. The van der Waals surface area contributed by atoms with Crippen LogP contribution in [0.4, 0.5) is 5.69 Å². The highest BCUT2D eigenvalue weighted by Crippen LogP contribution is 2.23. The average Bonchev–Trinajstić information content (AvgIpc) is 3.00. The SMILES string of the molecule is CCC(CC)C(=O)NC(c1ccc(NC(C)=O)cc1)c1nccn1C. The number of carbonyl (C=O) groups is 2. The first-order valence-corrected chi connectivity index (χ1v) is 8.61. The Balaban J connectivity index is 2.30. The van der Waals surface area contributed by atoms with Crippen molar-refractivity contribution in [1.82, 2.24) is 14.9 Å². The van der Waals surface area contributed by atoms with Crippen molar-refractivity contribution in [2.24, 2.45) is 13.0 Å². The minimum absolute atomic E-state index is 0.0126. The van der Waals surface area contributed by atoms with Crippen molar-refractivity contribution in [3.63, 3.8) is 0 Å². The van der Waals surface area contributed by atoms with E-state index in [1.165, 1.54) is 6.92 Å². The van der Waals surface area contributed by atoms with Crippen LogP contribution in [0.3, 0.4) is 0 Å². The van der Waals surface area contributed by atoms with Gasteiger partial charge in [-0.3, -0.25) is 9.59 Å². The number of aryl methyl sites for hydroxylation is 1. The first-order valence-electron chi connectivity index (χ1n) is 8.61. The second-order valence-corrected chi connectivity index (χ2v) is 6.15. The third kappa shape index (κ3) is 4.68. The maximum atomic E-state index is 12.6. The normalized spacial score (nSPS) is 12.0. The fourth-order valence-corrected chi connectivity index (χ4v) is 2.83. The summed E-state index contributed by atoms with van der Waals surface area (Å²) < 4.78 is 1.90. The summed E-state index contributed by atoms with van der Waals surface area (Å²) in [5.74, 6) is 0.673. The Kier molecular flexibility index (Phi) is 6.33. The molecule has 0 saturated carbocycles. The average molecular weight is 342 g/mol. The van der Waals surface area contributed by atoms with Crippen LogP contribution < -0.4 is 10.6 Å². The second kappa shape index (κ2) is 8.46. The minimum Gasteiger partial charge on any atom is -0.342 e. The zero-order chi connectivity index (χ0) is 18.4. The molecule has 0 aliphatic rings. The zero-order valence-corrected chi connectivity index (χ0v) is 15.2. The summed E-state index contributed by atoms with van der Waals surface area (Å²) in [6, 6.07) is 7.13. The lowest BCUT2D eigenvalue weighted by Gasteiger charge is -2.22. The third-order valence-corrected chi connectivity index (χ3v) is 4.32. The molecule has 2 amide bonds. The Morgan fingerprint density at radius 1 is 1.16 bits per heavy atom. The predicted octanol–water partition coefficient (Wildman–Crippen LogP) is 3.02. The highest BCUT2D eigenvalue weighted by atomic mass is 16.2. The lowest BCUT2D eigenvalue weighted by molar-refractivity contribution is -0.125. The molecule has 0 fully saturated rings. The van der Waals surface area contributed by atoms with Crippen molar-refractivity contribution in [3.8, 4) is 0 Å². The van der Waals surface area contributed by atoms with E-state index in [1.54, 1.807) is 6.20 Å². The lowest BCUT2D eigenvalue weighted by Crippen LogP contribution is -2.35. The molecule has 1 heterocycles. The van der Waals surface area contributed by atoms with Gasteiger partial charge in [0.2, 0.25) is 11.8 Å². The third-order valence-electron chi connectivity index (χ3n) is 4.32.